The Bertz CT molecular complexity index is 1240. The molecule has 0 aliphatic carbocycles. The van der Waals surface area contributed by atoms with Crippen molar-refractivity contribution in [1.29, 1.82) is 0 Å². The zero-order valence-corrected chi connectivity index (χ0v) is 20.5. The number of urea groups is 1. The molecule has 0 bridgehead atoms. The van der Waals surface area contributed by atoms with E-state index in [9.17, 15) is 18.0 Å². The number of nitrogens with one attached hydrogen (secondary N) is 3. The summed E-state index contributed by atoms with van der Waals surface area (Å²) in [5, 5.41) is 11.8. The van der Waals surface area contributed by atoms with Gasteiger partial charge in [-0.25, -0.2) is 9.78 Å². The van der Waals surface area contributed by atoms with Crippen LogP contribution < -0.4 is 16.0 Å². The third kappa shape index (κ3) is 7.67. The number of aromatic nitrogens is 2. The average molecular weight is 518 g/mol. The van der Waals surface area contributed by atoms with Gasteiger partial charge in [0.05, 0.1) is 17.6 Å². The van der Waals surface area contributed by atoms with Crippen LogP contribution in [0.15, 0.2) is 53.9 Å². The second-order valence-corrected chi connectivity index (χ2v) is 8.75. The predicted octanol–water partition coefficient (Wildman–Crippen LogP) is 3.72. The smallest absolute Gasteiger partial charge is 0.396 e. The van der Waals surface area contributed by atoms with E-state index in [2.05, 4.69) is 25.7 Å². The lowest BCUT2D eigenvalue weighted by molar-refractivity contribution is -0.122. The van der Waals surface area contributed by atoms with E-state index in [-0.39, 0.29) is 0 Å². The average Bonchev–Trinajstić information content (AvgIpc) is 3.31. The quantitative estimate of drug-likeness (QED) is 0.229. The first kappa shape index (κ1) is 26.4. The van der Waals surface area contributed by atoms with Crippen molar-refractivity contribution >= 4 is 23.1 Å². The Kier molecular flexibility index (Phi) is 8.62. The Labute approximate surface area is 212 Å². The van der Waals surface area contributed by atoms with E-state index in [1.165, 1.54) is 0 Å². The van der Waals surface area contributed by atoms with Crippen molar-refractivity contribution in [2.75, 3.05) is 51.2 Å². The number of carbonyl (C=O) groups excluding carboxylic acids is 1. The topological polar surface area (TPSA) is 95.3 Å². The third-order valence-electron chi connectivity index (χ3n) is 5.92. The van der Waals surface area contributed by atoms with Gasteiger partial charge in [0.25, 0.3) is 0 Å². The van der Waals surface area contributed by atoms with Crippen molar-refractivity contribution in [3.8, 4) is 11.3 Å². The fourth-order valence-electron chi connectivity index (χ4n) is 4.01. The lowest BCUT2D eigenvalue weighted by Gasteiger charge is -2.26. The second-order valence-electron chi connectivity index (χ2n) is 8.75. The number of carbonyl (C=O) groups is 1. The van der Waals surface area contributed by atoms with E-state index in [4.69, 9.17) is 4.84 Å². The Hall–Kier alpha value is -3.64. The standard InChI is InChI=1S/C25H30F3N7O2/c1-18(33-37-13-3-9-34-11-7-29-8-12-34)19-6-10-35-22(16-30-23(35)15-19)20-4-2-5-21(14-20)32-24(36)31-17-25(26,27)28/h2,4-6,10,14-16,29H,3,7-9,11-13,17H2,1H3,(H2,31,32,36)/b33-18+. The number of fused-ring (bicyclic) bond motifs is 1. The second kappa shape index (κ2) is 12.1. The highest BCUT2D eigenvalue weighted by atomic mass is 19.4. The van der Waals surface area contributed by atoms with Crippen LogP contribution in [0.1, 0.15) is 18.9 Å². The largest absolute Gasteiger partial charge is 0.405 e. The van der Waals surface area contributed by atoms with Crippen LogP contribution in [0.3, 0.4) is 0 Å². The number of amides is 2. The minimum atomic E-state index is -4.48. The van der Waals surface area contributed by atoms with Gasteiger partial charge in [0, 0.05) is 55.7 Å². The molecule has 9 nitrogen and oxygen atoms in total. The van der Waals surface area contributed by atoms with Gasteiger partial charge in [-0.15, -0.1) is 0 Å². The normalized spacial score (nSPS) is 15.1. The van der Waals surface area contributed by atoms with Gasteiger partial charge in [-0.2, -0.15) is 13.2 Å². The van der Waals surface area contributed by atoms with Crippen molar-refractivity contribution in [2.45, 2.75) is 19.5 Å². The van der Waals surface area contributed by atoms with E-state index in [0.717, 1.165) is 61.7 Å². The van der Waals surface area contributed by atoms with Gasteiger partial charge >= 0.3 is 12.2 Å². The van der Waals surface area contributed by atoms with E-state index >= 15 is 0 Å². The molecule has 1 aliphatic rings. The number of alkyl halides is 3. The maximum Gasteiger partial charge on any atom is 0.405 e. The van der Waals surface area contributed by atoms with Crippen LogP contribution in [-0.4, -0.2) is 78.1 Å². The zero-order valence-electron chi connectivity index (χ0n) is 20.5. The molecule has 1 saturated heterocycles. The van der Waals surface area contributed by atoms with Crippen LogP contribution in [-0.2, 0) is 4.84 Å². The van der Waals surface area contributed by atoms with Crippen molar-refractivity contribution in [2.24, 2.45) is 5.16 Å². The summed E-state index contributed by atoms with van der Waals surface area (Å²) < 4.78 is 38.8. The molecule has 12 heteroatoms. The number of nitrogens with zero attached hydrogens (tertiary/aromatic N) is 4. The van der Waals surface area contributed by atoms with Crippen molar-refractivity contribution < 1.29 is 22.8 Å². The molecule has 0 unspecified atom stereocenters. The molecule has 3 heterocycles. The van der Waals surface area contributed by atoms with Crippen LogP contribution in [0.5, 0.6) is 0 Å². The number of halogens is 3. The summed E-state index contributed by atoms with van der Waals surface area (Å²) in [7, 11) is 0. The summed E-state index contributed by atoms with van der Waals surface area (Å²) in [5.41, 5.74) is 4.18. The summed E-state index contributed by atoms with van der Waals surface area (Å²) in [6.45, 7) is 6.20. The summed E-state index contributed by atoms with van der Waals surface area (Å²) >= 11 is 0. The first-order chi connectivity index (χ1) is 17.8. The lowest BCUT2D eigenvalue weighted by atomic mass is 10.1. The van der Waals surface area contributed by atoms with Gasteiger partial charge in [0.1, 0.15) is 18.8 Å². The summed E-state index contributed by atoms with van der Waals surface area (Å²) in [6.07, 6.45) is -0.000376. The highest BCUT2D eigenvalue weighted by Gasteiger charge is 2.27. The maximum absolute atomic E-state index is 12.3. The number of imidazole rings is 1. The highest BCUT2D eigenvalue weighted by molar-refractivity contribution is 5.99. The molecule has 198 valence electrons. The number of anilines is 1. The van der Waals surface area contributed by atoms with Crippen LogP contribution >= 0.6 is 0 Å². The molecule has 0 radical (unpaired) electrons. The fourth-order valence-corrected chi connectivity index (χ4v) is 4.01. The number of rotatable bonds is 9. The molecule has 1 aromatic carbocycles. The molecular formula is C25H30F3N7O2. The third-order valence-corrected chi connectivity index (χ3v) is 5.92. The molecule has 4 rings (SSSR count). The highest BCUT2D eigenvalue weighted by Crippen LogP contribution is 2.24. The zero-order chi connectivity index (χ0) is 26.3. The number of pyridine rings is 1. The number of hydrogen-bond donors (Lipinski definition) is 3. The molecule has 3 aromatic rings. The summed E-state index contributed by atoms with van der Waals surface area (Å²) in [6, 6.07) is 9.69. The predicted molar refractivity (Wildman–Crippen MR) is 136 cm³/mol. The molecule has 0 atom stereocenters. The molecule has 1 fully saturated rings. The number of oxime groups is 1. The van der Waals surface area contributed by atoms with Gasteiger partial charge in [-0.3, -0.25) is 4.40 Å². The molecule has 0 saturated carbocycles. The number of benzene rings is 1. The van der Waals surface area contributed by atoms with Crippen LogP contribution in [0.25, 0.3) is 16.9 Å². The summed E-state index contributed by atoms with van der Waals surface area (Å²) in [4.78, 5) is 24.2. The Morgan fingerprint density at radius 3 is 2.81 bits per heavy atom. The molecule has 3 N–H and O–H groups in total. The van der Waals surface area contributed by atoms with E-state index in [0.29, 0.717) is 17.9 Å². The van der Waals surface area contributed by atoms with Crippen molar-refractivity contribution in [3.63, 3.8) is 0 Å². The number of hydrogen-bond acceptors (Lipinski definition) is 6. The van der Waals surface area contributed by atoms with Gasteiger partial charge < -0.3 is 25.7 Å². The minimum Gasteiger partial charge on any atom is -0.396 e. The maximum atomic E-state index is 12.3. The van der Waals surface area contributed by atoms with Crippen LogP contribution in [0, 0.1) is 0 Å². The Balaban J connectivity index is 1.36. The molecule has 1 aliphatic heterocycles. The number of piperazine rings is 1. The lowest BCUT2D eigenvalue weighted by Crippen LogP contribution is -2.43. The van der Waals surface area contributed by atoms with Crippen molar-refractivity contribution in [3.05, 3.63) is 54.4 Å². The summed E-state index contributed by atoms with van der Waals surface area (Å²) in [5.74, 6) is 0. The van der Waals surface area contributed by atoms with Gasteiger partial charge in [-0.05, 0) is 37.6 Å². The fraction of sp³-hybridized carbons (Fsp3) is 0.400. The first-order valence-corrected chi connectivity index (χ1v) is 12.1. The molecule has 0 spiro atoms. The first-order valence-electron chi connectivity index (χ1n) is 12.1. The Morgan fingerprint density at radius 2 is 2.03 bits per heavy atom. The molecule has 2 amide bonds. The van der Waals surface area contributed by atoms with Gasteiger partial charge in [0.15, 0.2) is 0 Å². The van der Waals surface area contributed by atoms with Crippen LogP contribution in [0.4, 0.5) is 23.7 Å². The van der Waals surface area contributed by atoms with Crippen LogP contribution in [0.2, 0.25) is 0 Å². The van der Waals surface area contributed by atoms with E-state index in [1.807, 2.05) is 35.7 Å². The molecule has 37 heavy (non-hydrogen) atoms. The monoisotopic (exact) mass is 517 g/mol. The SMILES string of the molecule is C/C(=N\OCCCN1CCNCC1)c1ccn2c(-c3cccc(NC(=O)NCC(F)(F)F)c3)cnc2c1. The molecular weight excluding hydrogens is 487 g/mol. The molecule has 2 aromatic heterocycles. The Morgan fingerprint density at radius 1 is 1.22 bits per heavy atom. The van der Waals surface area contributed by atoms with Crippen molar-refractivity contribution in [1.82, 2.24) is 24.9 Å². The van der Waals surface area contributed by atoms with Gasteiger partial charge in [0.2, 0.25) is 0 Å². The minimum absolute atomic E-state index is 0.362. The van der Waals surface area contributed by atoms with E-state index < -0.39 is 18.8 Å². The van der Waals surface area contributed by atoms with Gasteiger partial charge in [-0.1, -0.05) is 17.3 Å². The van der Waals surface area contributed by atoms with E-state index in [1.54, 1.807) is 29.7 Å².